The minimum Gasteiger partial charge on any atom is -0.384 e. The van der Waals surface area contributed by atoms with Crippen LogP contribution in [-0.4, -0.2) is 15.8 Å². The van der Waals surface area contributed by atoms with E-state index in [4.69, 9.17) is 5.73 Å². The smallest absolute Gasteiger partial charge is 0.346 e. The van der Waals surface area contributed by atoms with Crippen LogP contribution in [0, 0.1) is 0 Å². The van der Waals surface area contributed by atoms with E-state index in [9.17, 15) is 9.59 Å². The average Bonchev–Trinajstić information content (AvgIpc) is 2.37. The van der Waals surface area contributed by atoms with Gasteiger partial charge in [0, 0.05) is 11.8 Å². The Morgan fingerprint density at radius 2 is 1.80 bits per heavy atom. The number of nitrogens with zero attached hydrogens (tertiary/aromatic N) is 1. The molecule has 1 aromatic carbocycles. The third kappa shape index (κ3) is 2.77. The normalized spacial score (nSPS) is 11.3. The maximum Gasteiger partial charge on any atom is 0.346 e. The SMILES string of the molecule is CC(C)(C)c1ccc(C(=O)c2cnc(=O)[nH]c2N)cc1. The zero-order valence-electron chi connectivity index (χ0n) is 11.7. The van der Waals surface area contributed by atoms with Crippen LogP contribution >= 0.6 is 0 Å². The fourth-order valence-corrected chi connectivity index (χ4v) is 1.87. The Morgan fingerprint density at radius 3 is 2.30 bits per heavy atom. The Bertz CT molecular complexity index is 694. The summed E-state index contributed by atoms with van der Waals surface area (Å²) < 4.78 is 0. The van der Waals surface area contributed by atoms with Crippen LogP contribution in [0.15, 0.2) is 35.3 Å². The maximum atomic E-state index is 12.3. The van der Waals surface area contributed by atoms with Gasteiger partial charge in [0.25, 0.3) is 0 Å². The number of aromatic amines is 1. The summed E-state index contributed by atoms with van der Waals surface area (Å²) in [4.78, 5) is 29.1. The number of nitrogens with one attached hydrogen (secondary N) is 1. The largest absolute Gasteiger partial charge is 0.384 e. The third-order valence-corrected chi connectivity index (χ3v) is 3.10. The molecule has 5 heteroatoms. The van der Waals surface area contributed by atoms with Gasteiger partial charge in [0.15, 0.2) is 5.78 Å². The molecule has 0 spiro atoms. The van der Waals surface area contributed by atoms with Crippen LogP contribution in [0.1, 0.15) is 42.3 Å². The van der Waals surface area contributed by atoms with E-state index in [2.05, 4.69) is 30.7 Å². The topological polar surface area (TPSA) is 88.8 Å². The van der Waals surface area contributed by atoms with E-state index in [1.807, 2.05) is 12.1 Å². The van der Waals surface area contributed by atoms with E-state index in [1.54, 1.807) is 12.1 Å². The van der Waals surface area contributed by atoms with Crippen LogP contribution in [-0.2, 0) is 5.41 Å². The molecule has 0 aliphatic rings. The van der Waals surface area contributed by atoms with Crippen LogP contribution in [0.3, 0.4) is 0 Å². The number of ketones is 1. The second-order valence-corrected chi connectivity index (χ2v) is 5.67. The highest BCUT2D eigenvalue weighted by molar-refractivity contribution is 6.11. The Morgan fingerprint density at radius 1 is 1.20 bits per heavy atom. The van der Waals surface area contributed by atoms with E-state index in [1.165, 1.54) is 6.20 Å². The molecule has 0 aliphatic carbocycles. The number of nitrogens with two attached hydrogens (primary N) is 1. The molecule has 3 N–H and O–H groups in total. The molecule has 0 saturated carbocycles. The van der Waals surface area contributed by atoms with Crippen molar-refractivity contribution < 1.29 is 4.79 Å². The van der Waals surface area contributed by atoms with Crippen LogP contribution in [0.5, 0.6) is 0 Å². The zero-order valence-corrected chi connectivity index (χ0v) is 11.7. The summed E-state index contributed by atoms with van der Waals surface area (Å²) in [6.45, 7) is 6.31. The Labute approximate surface area is 116 Å². The van der Waals surface area contributed by atoms with Crippen LogP contribution in [0.2, 0.25) is 0 Å². The van der Waals surface area contributed by atoms with Gasteiger partial charge >= 0.3 is 5.69 Å². The molecule has 0 aliphatic heterocycles. The van der Waals surface area contributed by atoms with Gasteiger partial charge in [-0.25, -0.2) is 9.78 Å². The summed E-state index contributed by atoms with van der Waals surface area (Å²) in [5.74, 6) is -0.221. The van der Waals surface area contributed by atoms with E-state index in [-0.39, 0.29) is 22.6 Å². The first kappa shape index (κ1) is 14.0. The van der Waals surface area contributed by atoms with Gasteiger partial charge in [-0.3, -0.25) is 9.78 Å². The molecule has 0 radical (unpaired) electrons. The minimum absolute atomic E-state index is 0.0279. The predicted molar refractivity (Wildman–Crippen MR) is 77.8 cm³/mol. The zero-order chi connectivity index (χ0) is 14.9. The van der Waals surface area contributed by atoms with E-state index in [0.29, 0.717) is 5.56 Å². The lowest BCUT2D eigenvalue weighted by molar-refractivity contribution is 0.103. The molecular formula is C15H17N3O2. The van der Waals surface area contributed by atoms with Crippen molar-refractivity contribution in [3.05, 3.63) is 57.6 Å². The van der Waals surface area contributed by atoms with Crippen molar-refractivity contribution in [3.8, 4) is 0 Å². The van der Waals surface area contributed by atoms with Crippen molar-refractivity contribution in [1.29, 1.82) is 0 Å². The Balaban J connectivity index is 2.37. The molecule has 20 heavy (non-hydrogen) atoms. The van der Waals surface area contributed by atoms with Crippen molar-refractivity contribution in [1.82, 2.24) is 9.97 Å². The van der Waals surface area contributed by atoms with Gasteiger partial charge in [-0.05, 0) is 11.0 Å². The molecule has 0 bridgehead atoms. The first-order chi connectivity index (χ1) is 9.29. The van der Waals surface area contributed by atoms with Gasteiger partial charge in [0.1, 0.15) is 5.82 Å². The number of rotatable bonds is 2. The van der Waals surface area contributed by atoms with E-state index < -0.39 is 5.69 Å². The lowest BCUT2D eigenvalue weighted by Crippen LogP contribution is -2.17. The van der Waals surface area contributed by atoms with Crippen molar-refractivity contribution in [3.63, 3.8) is 0 Å². The van der Waals surface area contributed by atoms with Gasteiger partial charge in [0.2, 0.25) is 0 Å². The van der Waals surface area contributed by atoms with E-state index >= 15 is 0 Å². The van der Waals surface area contributed by atoms with Crippen molar-refractivity contribution in [2.45, 2.75) is 26.2 Å². The summed E-state index contributed by atoms with van der Waals surface area (Å²) in [5, 5.41) is 0. The summed E-state index contributed by atoms with van der Waals surface area (Å²) in [5.41, 5.74) is 6.96. The third-order valence-electron chi connectivity index (χ3n) is 3.10. The van der Waals surface area contributed by atoms with Crippen molar-refractivity contribution in [2.24, 2.45) is 0 Å². The number of H-pyrrole nitrogens is 1. The molecule has 0 fully saturated rings. The lowest BCUT2D eigenvalue weighted by Gasteiger charge is -2.19. The lowest BCUT2D eigenvalue weighted by atomic mass is 9.86. The summed E-state index contributed by atoms with van der Waals surface area (Å²) >= 11 is 0. The number of benzene rings is 1. The summed E-state index contributed by atoms with van der Waals surface area (Å²) in [7, 11) is 0. The van der Waals surface area contributed by atoms with Crippen LogP contribution < -0.4 is 11.4 Å². The maximum absolute atomic E-state index is 12.3. The molecule has 1 heterocycles. The van der Waals surface area contributed by atoms with Gasteiger partial charge in [0.05, 0.1) is 5.56 Å². The van der Waals surface area contributed by atoms with Crippen LogP contribution in [0.4, 0.5) is 5.82 Å². The number of carbonyl (C=O) groups excluding carboxylic acids is 1. The number of aromatic nitrogens is 2. The predicted octanol–water partition coefficient (Wildman–Crippen LogP) is 1.88. The highest BCUT2D eigenvalue weighted by atomic mass is 16.1. The number of anilines is 1. The van der Waals surface area contributed by atoms with Gasteiger partial charge < -0.3 is 5.73 Å². The molecule has 1 aromatic heterocycles. The molecule has 5 nitrogen and oxygen atoms in total. The number of nitrogen functional groups attached to an aromatic ring is 1. The van der Waals surface area contributed by atoms with Gasteiger partial charge in [-0.15, -0.1) is 0 Å². The number of hydrogen-bond donors (Lipinski definition) is 2. The van der Waals surface area contributed by atoms with Crippen LogP contribution in [0.25, 0.3) is 0 Å². The first-order valence-electron chi connectivity index (χ1n) is 6.29. The van der Waals surface area contributed by atoms with E-state index in [0.717, 1.165) is 5.56 Å². The van der Waals surface area contributed by atoms with Crippen molar-refractivity contribution in [2.75, 3.05) is 5.73 Å². The average molecular weight is 271 g/mol. The highest BCUT2D eigenvalue weighted by Crippen LogP contribution is 2.23. The fraction of sp³-hybridized carbons (Fsp3) is 0.267. The molecule has 0 unspecified atom stereocenters. The van der Waals surface area contributed by atoms with Gasteiger partial charge in [-0.1, -0.05) is 45.0 Å². The molecule has 2 rings (SSSR count). The monoisotopic (exact) mass is 271 g/mol. The molecule has 0 atom stereocenters. The highest BCUT2D eigenvalue weighted by Gasteiger charge is 2.16. The molecule has 104 valence electrons. The summed E-state index contributed by atoms with van der Waals surface area (Å²) in [6, 6.07) is 7.35. The Hall–Kier alpha value is -2.43. The quantitative estimate of drug-likeness (QED) is 0.816. The molecular weight excluding hydrogens is 254 g/mol. The van der Waals surface area contributed by atoms with Crippen molar-refractivity contribution >= 4 is 11.6 Å². The standard InChI is InChI=1S/C15H17N3O2/c1-15(2,3)10-6-4-9(5-7-10)12(19)11-8-17-14(20)18-13(11)16/h4-8H,1-3H3,(H3,16,17,18,20). The minimum atomic E-state index is -0.567. The fourth-order valence-electron chi connectivity index (χ4n) is 1.87. The second-order valence-electron chi connectivity index (χ2n) is 5.67. The molecule has 2 aromatic rings. The molecule has 0 saturated heterocycles. The number of carbonyl (C=O) groups is 1. The molecule has 0 amide bonds. The Kier molecular flexibility index (Phi) is 3.44. The van der Waals surface area contributed by atoms with Gasteiger partial charge in [-0.2, -0.15) is 0 Å². The number of hydrogen-bond acceptors (Lipinski definition) is 4. The second kappa shape index (κ2) is 4.92. The first-order valence-corrected chi connectivity index (χ1v) is 6.29. The summed E-state index contributed by atoms with van der Waals surface area (Å²) in [6.07, 6.45) is 1.20.